The number of pyridine rings is 1. The van der Waals surface area contributed by atoms with Crippen LogP contribution in [0.2, 0.25) is 0 Å². The van der Waals surface area contributed by atoms with Gasteiger partial charge in [0.1, 0.15) is 18.0 Å². The number of rotatable bonds is 7. The molecule has 0 radical (unpaired) electrons. The quantitative estimate of drug-likeness (QED) is 0.531. The Morgan fingerprint density at radius 2 is 2.11 bits per heavy atom. The van der Waals surface area contributed by atoms with Crippen LogP contribution in [0.5, 0.6) is 5.75 Å². The molecule has 0 aliphatic carbocycles. The van der Waals surface area contributed by atoms with Crippen LogP contribution in [-0.4, -0.2) is 21.8 Å². The van der Waals surface area contributed by atoms with Gasteiger partial charge in [-0.3, -0.25) is 4.79 Å². The van der Waals surface area contributed by atoms with Crippen molar-refractivity contribution in [2.45, 2.75) is 13.0 Å². The molecular weight excluding hydrogens is 358 g/mol. The van der Waals surface area contributed by atoms with Crippen molar-refractivity contribution in [3.05, 3.63) is 88.5 Å². The highest BCUT2D eigenvalue weighted by Crippen LogP contribution is 2.16. The Hall–Kier alpha value is -3.12. The van der Waals surface area contributed by atoms with E-state index in [1.807, 2.05) is 58.6 Å². The molecule has 0 bridgehead atoms. The molecule has 0 aliphatic rings. The predicted molar refractivity (Wildman–Crippen MR) is 106 cm³/mol. The highest BCUT2D eigenvalue weighted by Gasteiger charge is 2.08. The molecule has 1 N–H and O–H groups in total. The Labute approximate surface area is 161 Å². The normalized spacial score (nSPS) is 10.8. The van der Waals surface area contributed by atoms with Gasteiger partial charge in [-0.2, -0.15) is 0 Å². The minimum Gasteiger partial charge on any atom is -0.487 e. The zero-order valence-corrected chi connectivity index (χ0v) is 15.5. The summed E-state index contributed by atoms with van der Waals surface area (Å²) in [7, 11) is 0. The van der Waals surface area contributed by atoms with Gasteiger partial charge >= 0.3 is 0 Å². The first-order chi connectivity index (χ1) is 13.3. The second-order valence-corrected chi connectivity index (χ2v) is 7.13. The Morgan fingerprint density at radius 1 is 1.15 bits per heavy atom. The summed E-state index contributed by atoms with van der Waals surface area (Å²) >= 11 is 1.70. The first kappa shape index (κ1) is 17.3. The zero-order chi connectivity index (χ0) is 18.5. The number of benzene rings is 1. The number of aromatic nitrogens is 2. The minimum atomic E-state index is -0.0928. The molecule has 0 aliphatic heterocycles. The van der Waals surface area contributed by atoms with Gasteiger partial charge in [-0.1, -0.05) is 18.2 Å². The van der Waals surface area contributed by atoms with Crippen molar-refractivity contribution in [1.82, 2.24) is 14.7 Å². The molecule has 6 heteroatoms. The maximum atomic E-state index is 12.3. The Balaban J connectivity index is 1.34. The van der Waals surface area contributed by atoms with Crippen LogP contribution in [0, 0.1) is 0 Å². The number of nitrogens with one attached hydrogen (secondary N) is 1. The van der Waals surface area contributed by atoms with Crippen LogP contribution in [-0.2, 0) is 13.0 Å². The van der Waals surface area contributed by atoms with Crippen LogP contribution < -0.4 is 10.1 Å². The number of hydrogen-bond acceptors (Lipinski definition) is 4. The van der Waals surface area contributed by atoms with Gasteiger partial charge < -0.3 is 14.5 Å². The van der Waals surface area contributed by atoms with E-state index in [1.54, 1.807) is 23.5 Å². The first-order valence-corrected chi connectivity index (χ1v) is 9.62. The number of thiophene rings is 1. The molecule has 5 nitrogen and oxygen atoms in total. The Morgan fingerprint density at radius 3 is 2.96 bits per heavy atom. The van der Waals surface area contributed by atoms with Crippen molar-refractivity contribution >= 4 is 22.9 Å². The number of ether oxygens (including phenoxy) is 1. The van der Waals surface area contributed by atoms with Crippen LogP contribution in [0.1, 0.15) is 20.9 Å². The third-order valence-electron chi connectivity index (χ3n) is 4.13. The number of imidazole rings is 1. The molecule has 0 saturated heterocycles. The van der Waals surface area contributed by atoms with Crippen molar-refractivity contribution in [1.29, 1.82) is 0 Å². The van der Waals surface area contributed by atoms with E-state index in [2.05, 4.69) is 16.4 Å². The van der Waals surface area contributed by atoms with Crippen LogP contribution >= 0.6 is 11.3 Å². The van der Waals surface area contributed by atoms with Crippen molar-refractivity contribution in [3.63, 3.8) is 0 Å². The van der Waals surface area contributed by atoms with Gasteiger partial charge in [0.25, 0.3) is 5.91 Å². The Kier molecular flexibility index (Phi) is 5.16. The van der Waals surface area contributed by atoms with E-state index < -0.39 is 0 Å². The molecule has 0 saturated carbocycles. The smallest absolute Gasteiger partial charge is 0.251 e. The van der Waals surface area contributed by atoms with Crippen molar-refractivity contribution in [2.75, 3.05) is 6.54 Å². The monoisotopic (exact) mass is 377 g/mol. The number of carbonyl (C=O) groups is 1. The number of carbonyl (C=O) groups excluding carboxylic acids is 1. The molecule has 4 aromatic rings. The molecule has 27 heavy (non-hydrogen) atoms. The molecule has 3 aromatic heterocycles. The largest absolute Gasteiger partial charge is 0.487 e. The first-order valence-electron chi connectivity index (χ1n) is 8.74. The third kappa shape index (κ3) is 4.35. The van der Waals surface area contributed by atoms with Crippen LogP contribution in [0.25, 0.3) is 5.65 Å². The van der Waals surface area contributed by atoms with Gasteiger partial charge in [0, 0.05) is 29.4 Å². The van der Waals surface area contributed by atoms with Crippen LogP contribution in [0.3, 0.4) is 0 Å². The number of fused-ring (bicyclic) bond motifs is 1. The number of nitrogens with zero attached hydrogens (tertiary/aromatic N) is 2. The van der Waals surface area contributed by atoms with Crippen LogP contribution in [0.15, 0.2) is 72.4 Å². The standard InChI is InChI=1S/C21H19N3O2S/c25-21(22-10-9-19-7-4-12-27-19)16-5-3-6-18(13-16)26-15-17-14-24-11-2-1-8-20(24)23-17/h1-8,11-14H,9-10,15H2,(H,22,25). The summed E-state index contributed by atoms with van der Waals surface area (Å²) in [4.78, 5) is 18.1. The molecule has 0 fully saturated rings. The molecule has 0 unspecified atom stereocenters. The van der Waals surface area contributed by atoms with Gasteiger partial charge in [-0.15, -0.1) is 11.3 Å². The molecule has 1 amide bonds. The van der Waals surface area contributed by atoms with Gasteiger partial charge in [0.2, 0.25) is 0 Å². The van der Waals surface area contributed by atoms with Gasteiger partial charge in [-0.25, -0.2) is 4.98 Å². The fourth-order valence-corrected chi connectivity index (χ4v) is 3.51. The molecule has 1 aromatic carbocycles. The lowest BCUT2D eigenvalue weighted by atomic mass is 10.2. The molecule has 136 valence electrons. The highest BCUT2D eigenvalue weighted by atomic mass is 32.1. The lowest BCUT2D eigenvalue weighted by molar-refractivity contribution is 0.0953. The second-order valence-electron chi connectivity index (χ2n) is 6.10. The summed E-state index contributed by atoms with van der Waals surface area (Å²) in [6.45, 7) is 0.969. The second kappa shape index (κ2) is 8.05. The molecule has 4 rings (SSSR count). The third-order valence-corrected chi connectivity index (χ3v) is 5.07. The fourth-order valence-electron chi connectivity index (χ4n) is 2.80. The van der Waals surface area contributed by atoms with E-state index in [9.17, 15) is 4.79 Å². The topological polar surface area (TPSA) is 55.6 Å². The van der Waals surface area contributed by atoms with E-state index in [-0.39, 0.29) is 5.91 Å². The summed E-state index contributed by atoms with van der Waals surface area (Å²) < 4.78 is 7.78. The van der Waals surface area contributed by atoms with E-state index >= 15 is 0 Å². The number of hydrogen-bond donors (Lipinski definition) is 1. The molecule has 0 atom stereocenters. The minimum absolute atomic E-state index is 0.0928. The SMILES string of the molecule is O=C(NCCc1cccs1)c1cccc(OCc2cn3ccccc3n2)c1. The van der Waals surface area contributed by atoms with Gasteiger partial charge in [-0.05, 0) is 48.2 Å². The summed E-state index contributed by atoms with van der Waals surface area (Å²) in [5, 5.41) is 5.00. The summed E-state index contributed by atoms with van der Waals surface area (Å²) in [6.07, 6.45) is 4.73. The van der Waals surface area contributed by atoms with E-state index in [4.69, 9.17) is 4.74 Å². The maximum absolute atomic E-state index is 12.3. The summed E-state index contributed by atoms with van der Waals surface area (Å²) in [5.41, 5.74) is 2.32. The van der Waals surface area contributed by atoms with E-state index in [0.29, 0.717) is 24.5 Å². The molecule has 0 spiro atoms. The lowest BCUT2D eigenvalue weighted by Crippen LogP contribution is -2.25. The van der Waals surface area contributed by atoms with Crippen molar-refractivity contribution < 1.29 is 9.53 Å². The Bertz CT molecular complexity index is 1010. The number of amides is 1. The average Bonchev–Trinajstić information content (AvgIpc) is 3.36. The van der Waals surface area contributed by atoms with Gasteiger partial charge in [0.05, 0.1) is 5.69 Å². The highest BCUT2D eigenvalue weighted by molar-refractivity contribution is 7.09. The zero-order valence-electron chi connectivity index (χ0n) is 14.7. The fraction of sp³-hybridized carbons (Fsp3) is 0.143. The summed E-state index contributed by atoms with van der Waals surface area (Å²) in [6, 6.07) is 17.2. The van der Waals surface area contributed by atoms with Crippen molar-refractivity contribution in [2.24, 2.45) is 0 Å². The van der Waals surface area contributed by atoms with Crippen LogP contribution in [0.4, 0.5) is 0 Å². The van der Waals surface area contributed by atoms with E-state index in [0.717, 1.165) is 17.8 Å². The van der Waals surface area contributed by atoms with Gasteiger partial charge in [0.15, 0.2) is 0 Å². The van der Waals surface area contributed by atoms with E-state index in [1.165, 1.54) is 4.88 Å². The molecule has 3 heterocycles. The summed E-state index contributed by atoms with van der Waals surface area (Å²) in [5.74, 6) is 0.558. The predicted octanol–water partition coefficient (Wildman–Crippen LogP) is 3.95. The lowest BCUT2D eigenvalue weighted by Gasteiger charge is -2.08. The van der Waals surface area contributed by atoms with Crippen molar-refractivity contribution in [3.8, 4) is 5.75 Å². The molecular formula is C21H19N3O2S. The average molecular weight is 377 g/mol. The maximum Gasteiger partial charge on any atom is 0.251 e.